The van der Waals surface area contributed by atoms with E-state index in [4.69, 9.17) is 10.8 Å². The Morgan fingerprint density at radius 1 is 1.40 bits per heavy atom. The summed E-state index contributed by atoms with van der Waals surface area (Å²) in [4.78, 5) is 11.8. The molecule has 0 atom stereocenters. The van der Waals surface area contributed by atoms with Crippen LogP contribution < -0.4 is 5.73 Å². The molecule has 0 unspecified atom stereocenters. The molecule has 15 heavy (non-hydrogen) atoms. The summed E-state index contributed by atoms with van der Waals surface area (Å²) in [6.45, 7) is 0.480. The first kappa shape index (κ1) is 11.9. The molecule has 0 fully saturated rings. The number of thioether (sulfide) groups is 1. The largest absolute Gasteiger partial charge is 0.508 e. The summed E-state index contributed by atoms with van der Waals surface area (Å²) in [5.74, 6) is -0.104. The number of carbonyl (C=O) groups excluding carboxylic acids is 1. The molecule has 4 nitrogen and oxygen atoms in total. The third-order valence-electron chi connectivity index (χ3n) is 1.75. The molecule has 1 rings (SSSR count). The minimum absolute atomic E-state index is 0.0220. The molecule has 0 heterocycles. The van der Waals surface area contributed by atoms with Gasteiger partial charge in [0.25, 0.3) is 0 Å². The molecule has 5 heteroatoms. The van der Waals surface area contributed by atoms with Gasteiger partial charge in [-0.1, -0.05) is 0 Å². The molecule has 0 aromatic heterocycles. The Morgan fingerprint density at radius 2 is 2.13 bits per heavy atom. The lowest BCUT2D eigenvalue weighted by molar-refractivity contribution is -0.111. The van der Waals surface area contributed by atoms with Crippen LogP contribution in [0, 0.1) is 0 Å². The van der Waals surface area contributed by atoms with E-state index in [-0.39, 0.29) is 16.6 Å². The van der Waals surface area contributed by atoms with E-state index in [2.05, 4.69) is 0 Å². The number of carbonyl (C=O) groups is 1. The van der Waals surface area contributed by atoms with E-state index < -0.39 is 0 Å². The fraction of sp³-hybridized carbons (Fsp3) is 0.300. The molecule has 0 aliphatic heterocycles. The van der Waals surface area contributed by atoms with Crippen LogP contribution in [0.5, 0.6) is 11.5 Å². The number of rotatable bonds is 4. The smallest absolute Gasteiger partial charge is 0.193 e. The van der Waals surface area contributed by atoms with Gasteiger partial charge in [0.2, 0.25) is 0 Å². The van der Waals surface area contributed by atoms with E-state index in [9.17, 15) is 9.90 Å². The van der Waals surface area contributed by atoms with Crippen molar-refractivity contribution in [2.45, 2.75) is 17.7 Å². The molecule has 1 aromatic carbocycles. The van der Waals surface area contributed by atoms with Crippen LogP contribution in [-0.2, 0) is 4.79 Å². The summed E-state index contributed by atoms with van der Waals surface area (Å²) >= 11 is 0.963. The van der Waals surface area contributed by atoms with Crippen molar-refractivity contribution < 1.29 is 15.0 Å². The SMILES string of the molecule is NCCCC(=O)Sc1ccc(O)cc1O. The summed E-state index contributed by atoms with van der Waals surface area (Å²) in [6.07, 6.45) is 1.03. The van der Waals surface area contributed by atoms with Crippen LogP contribution in [0.15, 0.2) is 23.1 Å². The molecule has 1 aromatic rings. The van der Waals surface area contributed by atoms with Gasteiger partial charge in [0.05, 0.1) is 4.90 Å². The predicted molar refractivity (Wildman–Crippen MR) is 58.9 cm³/mol. The van der Waals surface area contributed by atoms with Crippen LogP contribution >= 0.6 is 11.8 Å². The normalized spacial score (nSPS) is 10.2. The Bertz CT molecular complexity index is 355. The summed E-state index contributed by atoms with van der Waals surface area (Å²) in [6, 6.07) is 4.15. The molecule has 0 spiro atoms. The summed E-state index contributed by atoms with van der Waals surface area (Å²) in [5.41, 5.74) is 5.28. The molecule has 0 aliphatic carbocycles. The monoisotopic (exact) mass is 227 g/mol. The second-order valence-electron chi connectivity index (χ2n) is 3.02. The van der Waals surface area contributed by atoms with Crippen molar-refractivity contribution in [3.63, 3.8) is 0 Å². The number of phenolic OH excluding ortho intramolecular Hbond substituents is 2. The lowest BCUT2D eigenvalue weighted by atomic mass is 10.3. The minimum atomic E-state index is -0.0823. The maximum Gasteiger partial charge on any atom is 0.193 e. The maximum absolute atomic E-state index is 11.3. The first-order valence-corrected chi connectivity index (χ1v) is 5.38. The molecular formula is C10H13NO3S. The van der Waals surface area contributed by atoms with Gasteiger partial charge in [-0.2, -0.15) is 0 Å². The lowest BCUT2D eigenvalue weighted by Crippen LogP contribution is -2.01. The lowest BCUT2D eigenvalue weighted by Gasteiger charge is -2.03. The van der Waals surface area contributed by atoms with Gasteiger partial charge in [-0.25, -0.2) is 0 Å². The standard InChI is InChI=1S/C10H13NO3S/c11-5-1-2-10(14)15-9-4-3-7(12)6-8(9)13/h3-4,6,12-13H,1-2,5,11H2. The van der Waals surface area contributed by atoms with Crippen molar-refractivity contribution in [3.05, 3.63) is 18.2 Å². The van der Waals surface area contributed by atoms with E-state index in [1.165, 1.54) is 18.2 Å². The molecular weight excluding hydrogens is 214 g/mol. The average Bonchev–Trinajstić information content (AvgIpc) is 2.19. The van der Waals surface area contributed by atoms with E-state index in [1.807, 2.05) is 0 Å². The Balaban J connectivity index is 2.60. The quantitative estimate of drug-likeness (QED) is 0.678. The maximum atomic E-state index is 11.3. The fourth-order valence-corrected chi connectivity index (χ4v) is 1.80. The predicted octanol–water partition coefficient (Wildman–Crippen LogP) is 1.46. The van der Waals surface area contributed by atoms with Crippen molar-refractivity contribution in [3.8, 4) is 11.5 Å². The number of phenols is 2. The van der Waals surface area contributed by atoms with Gasteiger partial charge < -0.3 is 15.9 Å². The van der Waals surface area contributed by atoms with Crippen LogP contribution in [0.3, 0.4) is 0 Å². The van der Waals surface area contributed by atoms with E-state index in [0.717, 1.165) is 11.8 Å². The molecule has 0 amide bonds. The summed E-state index contributed by atoms with van der Waals surface area (Å²) in [5, 5.41) is 18.4. The van der Waals surface area contributed by atoms with Crippen molar-refractivity contribution in [1.82, 2.24) is 0 Å². The van der Waals surface area contributed by atoms with Crippen molar-refractivity contribution in [1.29, 1.82) is 0 Å². The second-order valence-corrected chi connectivity index (χ2v) is 4.12. The molecule has 0 radical (unpaired) electrons. The van der Waals surface area contributed by atoms with Gasteiger partial charge in [0.1, 0.15) is 11.5 Å². The molecule has 0 bridgehead atoms. The van der Waals surface area contributed by atoms with Crippen LogP contribution in [0.25, 0.3) is 0 Å². The average molecular weight is 227 g/mol. The second kappa shape index (κ2) is 5.63. The van der Waals surface area contributed by atoms with Crippen LogP contribution in [-0.4, -0.2) is 21.9 Å². The topological polar surface area (TPSA) is 83.6 Å². The molecule has 82 valence electrons. The summed E-state index contributed by atoms with van der Waals surface area (Å²) < 4.78 is 0. The highest BCUT2D eigenvalue weighted by Gasteiger charge is 2.08. The van der Waals surface area contributed by atoms with Gasteiger partial charge in [-0.15, -0.1) is 0 Å². The summed E-state index contributed by atoms with van der Waals surface area (Å²) in [7, 11) is 0. The number of hydrogen-bond donors (Lipinski definition) is 3. The highest BCUT2D eigenvalue weighted by molar-refractivity contribution is 8.13. The van der Waals surface area contributed by atoms with Crippen LogP contribution in [0.4, 0.5) is 0 Å². The zero-order valence-corrected chi connectivity index (χ0v) is 8.96. The zero-order chi connectivity index (χ0) is 11.3. The Kier molecular flexibility index (Phi) is 4.45. The number of aromatic hydroxyl groups is 2. The Hall–Kier alpha value is -1.20. The van der Waals surface area contributed by atoms with Crippen LogP contribution in [0.1, 0.15) is 12.8 Å². The van der Waals surface area contributed by atoms with E-state index in [0.29, 0.717) is 24.3 Å². The molecule has 4 N–H and O–H groups in total. The number of hydrogen-bond acceptors (Lipinski definition) is 5. The van der Waals surface area contributed by atoms with Gasteiger partial charge in [-0.05, 0) is 36.9 Å². The van der Waals surface area contributed by atoms with E-state index >= 15 is 0 Å². The molecule has 0 aliphatic rings. The number of benzene rings is 1. The number of nitrogens with two attached hydrogens (primary N) is 1. The van der Waals surface area contributed by atoms with Crippen molar-refractivity contribution in [2.24, 2.45) is 5.73 Å². The Labute approximate surface area is 92.1 Å². The van der Waals surface area contributed by atoms with Gasteiger partial charge in [-0.3, -0.25) is 4.79 Å². The van der Waals surface area contributed by atoms with Crippen molar-refractivity contribution >= 4 is 16.9 Å². The molecule has 0 saturated heterocycles. The van der Waals surface area contributed by atoms with Gasteiger partial charge in [0.15, 0.2) is 5.12 Å². The minimum Gasteiger partial charge on any atom is -0.508 e. The highest BCUT2D eigenvalue weighted by atomic mass is 32.2. The third kappa shape index (κ3) is 3.81. The van der Waals surface area contributed by atoms with E-state index in [1.54, 1.807) is 0 Å². The Morgan fingerprint density at radius 3 is 2.73 bits per heavy atom. The fourth-order valence-electron chi connectivity index (χ4n) is 1.01. The van der Waals surface area contributed by atoms with Crippen LogP contribution in [0.2, 0.25) is 0 Å². The van der Waals surface area contributed by atoms with Gasteiger partial charge >= 0.3 is 0 Å². The first-order valence-electron chi connectivity index (χ1n) is 4.56. The first-order chi connectivity index (χ1) is 7.13. The highest BCUT2D eigenvalue weighted by Crippen LogP contribution is 2.32. The molecule has 0 saturated carbocycles. The van der Waals surface area contributed by atoms with Crippen molar-refractivity contribution in [2.75, 3.05) is 6.54 Å². The van der Waals surface area contributed by atoms with Gasteiger partial charge in [0, 0.05) is 12.5 Å². The zero-order valence-electron chi connectivity index (χ0n) is 8.14. The third-order valence-corrected chi connectivity index (χ3v) is 2.75.